The number of sulfonamides is 2. The van der Waals surface area contributed by atoms with Crippen LogP contribution in [0, 0.1) is 11.6 Å². The summed E-state index contributed by atoms with van der Waals surface area (Å²) >= 11 is 1.56. The van der Waals surface area contributed by atoms with Gasteiger partial charge in [-0.25, -0.2) is 22.2 Å². The fraction of sp³-hybridized carbons (Fsp3) is 0.0556. The molecule has 1 amide bonds. The Morgan fingerprint density at radius 1 is 1.15 bits per heavy atom. The minimum Gasteiger partial charge on any atom is -0.509 e. The van der Waals surface area contributed by atoms with E-state index in [0.29, 0.717) is 10.2 Å². The predicted octanol–water partition coefficient (Wildman–Crippen LogP) is 2.92. The molecular weight excluding hydrogens is 534 g/mol. The molecule has 0 unspecified atom stereocenters. The van der Waals surface area contributed by atoms with Crippen molar-refractivity contribution >= 4 is 75.3 Å². The lowest BCUT2D eigenvalue weighted by molar-refractivity contribution is -0.113. The van der Waals surface area contributed by atoms with Gasteiger partial charge in [0.2, 0.25) is 10.0 Å². The Morgan fingerprint density at radius 3 is 2.62 bits per heavy atom. The average Bonchev–Trinajstić information content (AvgIpc) is 3.24. The van der Waals surface area contributed by atoms with Crippen molar-refractivity contribution < 1.29 is 35.5 Å². The standard InChI is InChI=1S/C18H10F2N4O6S4/c19-8-1-3-10-13(5-8)31-17(21-10)22-33(27,28)7-12(25)15-16(26)24-11-4-2-9(20)6-14(11)32-18(24)23-34(15,29)30/h1-6,25H,7H2,(H,21,22)/b15-12+. The number of benzene rings is 2. The second-order valence-electron chi connectivity index (χ2n) is 6.97. The summed E-state index contributed by atoms with van der Waals surface area (Å²) in [6, 6.07) is 7.03. The summed E-state index contributed by atoms with van der Waals surface area (Å²) < 4.78 is 83.1. The zero-order valence-corrected chi connectivity index (χ0v) is 19.7. The van der Waals surface area contributed by atoms with Crippen LogP contribution < -0.4 is 9.62 Å². The van der Waals surface area contributed by atoms with Crippen molar-refractivity contribution in [1.29, 1.82) is 0 Å². The van der Waals surface area contributed by atoms with E-state index in [2.05, 4.69) is 14.1 Å². The number of amides is 1. The van der Waals surface area contributed by atoms with E-state index in [-0.39, 0.29) is 20.9 Å². The number of hydrogen-bond donors (Lipinski definition) is 2. The van der Waals surface area contributed by atoms with E-state index < -0.39 is 54.0 Å². The highest BCUT2D eigenvalue weighted by molar-refractivity contribution is 8.16. The van der Waals surface area contributed by atoms with E-state index in [4.69, 9.17) is 0 Å². The molecule has 5 rings (SSSR count). The van der Waals surface area contributed by atoms with Crippen molar-refractivity contribution in [1.82, 2.24) is 4.98 Å². The monoisotopic (exact) mass is 544 g/mol. The number of nitrogens with one attached hydrogen (secondary N) is 1. The van der Waals surface area contributed by atoms with Crippen LogP contribution in [-0.2, 0) is 24.8 Å². The van der Waals surface area contributed by atoms with Crippen LogP contribution in [0.15, 0.2) is 56.4 Å². The molecular formula is C18H10F2N4O6S4. The maximum absolute atomic E-state index is 13.5. The van der Waals surface area contributed by atoms with Gasteiger partial charge in [0, 0.05) is 4.90 Å². The number of fused-ring (bicyclic) bond motifs is 4. The number of aromatic nitrogens is 1. The van der Waals surface area contributed by atoms with Crippen LogP contribution in [0.5, 0.6) is 0 Å². The second kappa shape index (κ2) is 7.72. The first kappa shape index (κ1) is 22.7. The molecule has 0 spiro atoms. The number of halogens is 2. The SMILES string of the molecule is O=C1/C(=C(\O)CS(=O)(=O)Nc2nc3ccc(F)cc3s2)S(=O)(=O)N=C2Sc3cc(F)ccc3N12. The highest BCUT2D eigenvalue weighted by Gasteiger charge is 2.45. The van der Waals surface area contributed by atoms with Gasteiger partial charge in [-0.05, 0) is 48.2 Å². The van der Waals surface area contributed by atoms with E-state index in [1.54, 1.807) is 0 Å². The number of rotatable bonds is 4. The average molecular weight is 545 g/mol. The number of hydrogen-bond acceptors (Lipinski definition) is 9. The number of aliphatic hydroxyl groups is 1. The molecule has 2 aliphatic rings. The van der Waals surface area contributed by atoms with Crippen molar-refractivity contribution in [2.24, 2.45) is 4.40 Å². The fourth-order valence-electron chi connectivity index (χ4n) is 3.25. The van der Waals surface area contributed by atoms with Gasteiger partial charge in [-0.3, -0.25) is 14.4 Å². The zero-order chi connectivity index (χ0) is 24.4. The molecule has 0 saturated heterocycles. The Kier molecular flexibility index (Phi) is 5.16. The van der Waals surface area contributed by atoms with Gasteiger partial charge in [0.1, 0.15) is 23.1 Å². The van der Waals surface area contributed by atoms with Crippen molar-refractivity contribution in [2.75, 3.05) is 15.4 Å². The summed E-state index contributed by atoms with van der Waals surface area (Å²) in [5, 5.41) is 9.99. The number of carbonyl (C=O) groups excluding carboxylic acids is 1. The zero-order valence-electron chi connectivity index (χ0n) is 16.4. The number of thiazole rings is 1. The van der Waals surface area contributed by atoms with Crippen LogP contribution in [0.3, 0.4) is 0 Å². The molecule has 0 bridgehead atoms. The second-order valence-corrected chi connectivity index (χ2v) is 12.3. The van der Waals surface area contributed by atoms with Crippen LogP contribution in [0.25, 0.3) is 10.2 Å². The minimum absolute atomic E-state index is 0.137. The topological polar surface area (TPSA) is 146 Å². The summed E-state index contributed by atoms with van der Waals surface area (Å²) in [4.78, 5) is 16.8. The molecule has 3 heterocycles. The van der Waals surface area contributed by atoms with Gasteiger partial charge in [-0.15, -0.1) is 4.40 Å². The van der Waals surface area contributed by atoms with Crippen molar-refractivity contribution in [3.05, 3.63) is 58.7 Å². The molecule has 16 heteroatoms. The van der Waals surface area contributed by atoms with E-state index in [9.17, 15) is 35.5 Å². The van der Waals surface area contributed by atoms with Gasteiger partial charge in [0.25, 0.3) is 15.9 Å². The van der Waals surface area contributed by atoms with Gasteiger partial charge >= 0.3 is 0 Å². The number of thioether (sulfide) groups is 1. The molecule has 2 N–H and O–H groups in total. The first-order valence-corrected chi connectivity index (χ1v) is 13.8. The van der Waals surface area contributed by atoms with Gasteiger partial charge in [-0.1, -0.05) is 11.3 Å². The Bertz CT molecular complexity index is 1680. The number of carbonyl (C=O) groups is 1. The highest BCUT2D eigenvalue weighted by Crippen LogP contribution is 2.44. The summed E-state index contributed by atoms with van der Waals surface area (Å²) in [7, 11) is -9.20. The molecule has 3 aromatic rings. The number of anilines is 2. The Hall–Kier alpha value is -3.08. The van der Waals surface area contributed by atoms with E-state index in [1.165, 1.54) is 12.1 Å². The van der Waals surface area contributed by atoms with Gasteiger partial charge in [0.05, 0.1) is 15.9 Å². The molecule has 10 nitrogen and oxygen atoms in total. The molecule has 0 fully saturated rings. The van der Waals surface area contributed by atoms with Crippen molar-refractivity contribution in [2.45, 2.75) is 4.90 Å². The number of aliphatic hydroxyl groups excluding tert-OH is 1. The lowest BCUT2D eigenvalue weighted by Gasteiger charge is -2.22. The third-order valence-corrected chi connectivity index (χ3v) is 9.27. The van der Waals surface area contributed by atoms with Crippen molar-refractivity contribution in [3.63, 3.8) is 0 Å². The third-order valence-electron chi connectivity index (χ3n) is 4.59. The molecule has 2 aliphatic heterocycles. The van der Waals surface area contributed by atoms with E-state index in [1.807, 2.05) is 0 Å². The van der Waals surface area contributed by atoms with Gasteiger partial charge in [0.15, 0.2) is 15.2 Å². The fourth-order valence-corrected chi connectivity index (χ4v) is 7.92. The molecule has 0 radical (unpaired) electrons. The number of amidine groups is 1. The lowest BCUT2D eigenvalue weighted by atomic mass is 10.2. The molecule has 0 saturated carbocycles. The van der Waals surface area contributed by atoms with E-state index >= 15 is 0 Å². The molecule has 1 aromatic heterocycles. The normalized spacial score (nSPS) is 18.5. The first-order chi connectivity index (χ1) is 15.9. The van der Waals surface area contributed by atoms with Crippen molar-refractivity contribution in [3.8, 4) is 0 Å². The lowest BCUT2D eigenvalue weighted by Crippen LogP contribution is -2.41. The molecule has 0 aliphatic carbocycles. The minimum atomic E-state index is -4.76. The van der Waals surface area contributed by atoms with Gasteiger partial charge < -0.3 is 5.11 Å². The van der Waals surface area contributed by atoms with Crippen LogP contribution in [0.2, 0.25) is 0 Å². The molecule has 34 heavy (non-hydrogen) atoms. The first-order valence-electron chi connectivity index (χ1n) is 9.09. The molecule has 0 atom stereocenters. The van der Waals surface area contributed by atoms with Crippen LogP contribution in [0.1, 0.15) is 0 Å². The number of nitrogens with zero attached hydrogens (tertiary/aromatic N) is 3. The quantitative estimate of drug-likeness (QED) is 0.377. The molecule has 176 valence electrons. The maximum atomic E-state index is 13.5. The van der Waals surface area contributed by atoms with Crippen LogP contribution in [-0.4, -0.2) is 43.8 Å². The Labute approximate surface area is 198 Å². The maximum Gasteiger partial charge on any atom is 0.293 e. The van der Waals surface area contributed by atoms with Crippen LogP contribution in [0.4, 0.5) is 19.6 Å². The molecule has 2 aromatic carbocycles. The van der Waals surface area contributed by atoms with Gasteiger partial charge in [-0.2, -0.15) is 8.42 Å². The highest BCUT2D eigenvalue weighted by atomic mass is 32.2. The summed E-state index contributed by atoms with van der Waals surface area (Å²) in [5.41, 5.74) is 0.457. The Morgan fingerprint density at radius 2 is 1.85 bits per heavy atom. The Balaban J connectivity index is 1.48. The summed E-state index contributed by atoms with van der Waals surface area (Å²) in [5.74, 6) is -4.92. The smallest absolute Gasteiger partial charge is 0.293 e. The van der Waals surface area contributed by atoms with Crippen LogP contribution >= 0.6 is 23.1 Å². The summed E-state index contributed by atoms with van der Waals surface area (Å²) in [6.45, 7) is 0. The van der Waals surface area contributed by atoms with E-state index in [0.717, 1.165) is 52.3 Å². The largest absolute Gasteiger partial charge is 0.509 e. The summed E-state index contributed by atoms with van der Waals surface area (Å²) in [6.07, 6.45) is 0. The third kappa shape index (κ3) is 3.91. The predicted molar refractivity (Wildman–Crippen MR) is 123 cm³/mol.